The molecule has 2 nitrogen and oxygen atoms in total. The topological polar surface area (TPSA) is 33.1 Å². The summed E-state index contributed by atoms with van der Waals surface area (Å²) in [5.41, 5.74) is 1.52. The fraction of sp³-hybridized carbons (Fsp3) is 0.182. The zero-order valence-corrected chi connectivity index (χ0v) is 10.1. The van der Waals surface area contributed by atoms with Crippen LogP contribution in [0.3, 0.4) is 0 Å². The highest BCUT2D eigenvalue weighted by Crippen LogP contribution is 2.26. The van der Waals surface area contributed by atoms with Crippen molar-refractivity contribution in [2.45, 2.75) is 12.5 Å². The molecule has 0 amide bonds. The van der Waals surface area contributed by atoms with Crippen LogP contribution >= 0.6 is 22.9 Å². The third-order valence-electron chi connectivity index (χ3n) is 2.28. The first kappa shape index (κ1) is 12.4. The van der Waals surface area contributed by atoms with Crippen molar-refractivity contribution in [2.75, 3.05) is 0 Å². The van der Waals surface area contributed by atoms with Crippen molar-refractivity contribution in [2.24, 2.45) is 0 Å². The molecule has 0 saturated heterocycles. The van der Waals surface area contributed by atoms with E-state index in [9.17, 15) is 13.9 Å². The van der Waals surface area contributed by atoms with Gasteiger partial charge in [0, 0.05) is 23.1 Å². The Morgan fingerprint density at radius 3 is 2.76 bits per heavy atom. The second-order valence-electron chi connectivity index (χ2n) is 3.48. The van der Waals surface area contributed by atoms with E-state index in [2.05, 4.69) is 4.98 Å². The smallest absolute Gasteiger partial charge is 0.142 e. The molecule has 1 aromatic carbocycles. The predicted molar refractivity (Wildman–Crippen MR) is 62.1 cm³/mol. The van der Waals surface area contributed by atoms with Crippen molar-refractivity contribution in [3.8, 4) is 0 Å². The van der Waals surface area contributed by atoms with Gasteiger partial charge in [-0.3, -0.25) is 4.98 Å². The summed E-state index contributed by atoms with van der Waals surface area (Å²) >= 11 is 6.77. The SMILES string of the molecule is OC(Cc1cncs1)c1cc(F)c(Cl)cc1F. The molecule has 0 aliphatic heterocycles. The fourth-order valence-electron chi connectivity index (χ4n) is 1.44. The van der Waals surface area contributed by atoms with E-state index in [-0.39, 0.29) is 17.0 Å². The second-order valence-corrected chi connectivity index (χ2v) is 4.85. The summed E-state index contributed by atoms with van der Waals surface area (Å²) < 4.78 is 26.7. The standard InChI is InChI=1S/C11H8ClF2NOS/c12-8-3-9(13)7(2-10(8)14)11(16)1-6-4-15-5-17-6/h2-5,11,16H,1H2. The summed E-state index contributed by atoms with van der Waals surface area (Å²) in [6.07, 6.45) is 0.669. The summed E-state index contributed by atoms with van der Waals surface area (Å²) in [6.45, 7) is 0. The van der Waals surface area contributed by atoms with Crippen molar-refractivity contribution >= 4 is 22.9 Å². The molecule has 2 rings (SSSR count). The molecule has 1 atom stereocenters. The van der Waals surface area contributed by atoms with Gasteiger partial charge in [-0.25, -0.2) is 8.78 Å². The molecule has 0 fully saturated rings. The van der Waals surface area contributed by atoms with Crippen LogP contribution in [0.15, 0.2) is 23.8 Å². The summed E-state index contributed by atoms with van der Waals surface area (Å²) in [6, 6.07) is 1.78. The van der Waals surface area contributed by atoms with Gasteiger partial charge in [-0.1, -0.05) is 11.6 Å². The lowest BCUT2D eigenvalue weighted by Gasteiger charge is -2.11. The minimum atomic E-state index is -1.11. The minimum Gasteiger partial charge on any atom is -0.388 e. The van der Waals surface area contributed by atoms with Crippen molar-refractivity contribution < 1.29 is 13.9 Å². The maximum absolute atomic E-state index is 13.5. The van der Waals surface area contributed by atoms with E-state index in [0.29, 0.717) is 0 Å². The number of aliphatic hydroxyl groups is 1. The molecule has 2 aromatic rings. The largest absolute Gasteiger partial charge is 0.388 e. The number of aromatic nitrogens is 1. The Hall–Kier alpha value is -1.04. The van der Waals surface area contributed by atoms with E-state index in [0.717, 1.165) is 17.0 Å². The van der Waals surface area contributed by atoms with Crippen LogP contribution in [0, 0.1) is 11.6 Å². The Kier molecular flexibility index (Phi) is 3.71. The van der Waals surface area contributed by atoms with E-state index < -0.39 is 17.7 Å². The molecule has 1 N–H and O–H groups in total. The van der Waals surface area contributed by atoms with Gasteiger partial charge in [-0.05, 0) is 12.1 Å². The predicted octanol–water partition coefficient (Wildman–Crippen LogP) is 3.35. The molecule has 6 heteroatoms. The maximum Gasteiger partial charge on any atom is 0.142 e. The number of rotatable bonds is 3. The Bertz CT molecular complexity index is 518. The highest BCUT2D eigenvalue weighted by atomic mass is 35.5. The summed E-state index contributed by atoms with van der Waals surface area (Å²) in [7, 11) is 0. The summed E-state index contributed by atoms with van der Waals surface area (Å²) in [5, 5.41) is 9.52. The van der Waals surface area contributed by atoms with E-state index in [4.69, 9.17) is 11.6 Å². The molecule has 0 aliphatic rings. The zero-order valence-electron chi connectivity index (χ0n) is 8.53. The lowest BCUT2D eigenvalue weighted by molar-refractivity contribution is 0.174. The van der Waals surface area contributed by atoms with Crippen LogP contribution in [-0.4, -0.2) is 10.1 Å². The highest BCUT2D eigenvalue weighted by Gasteiger charge is 2.17. The number of aliphatic hydroxyl groups excluding tert-OH is 1. The van der Waals surface area contributed by atoms with Crippen LogP contribution < -0.4 is 0 Å². The fourth-order valence-corrected chi connectivity index (χ4v) is 2.22. The molecule has 90 valence electrons. The van der Waals surface area contributed by atoms with Crippen LogP contribution in [0.1, 0.15) is 16.5 Å². The molecule has 1 heterocycles. The zero-order chi connectivity index (χ0) is 12.4. The molecular weight excluding hydrogens is 268 g/mol. The Balaban J connectivity index is 2.24. The normalized spacial score (nSPS) is 12.7. The number of benzene rings is 1. The monoisotopic (exact) mass is 275 g/mol. The van der Waals surface area contributed by atoms with Gasteiger partial charge in [0.1, 0.15) is 11.6 Å². The number of hydrogen-bond donors (Lipinski definition) is 1. The second kappa shape index (κ2) is 5.08. The molecule has 0 spiro atoms. The molecular formula is C11H8ClF2NOS. The van der Waals surface area contributed by atoms with E-state index >= 15 is 0 Å². The van der Waals surface area contributed by atoms with Gasteiger partial charge in [0.2, 0.25) is 0 Å². The van der Waals surface area contributed by atoms with E-state index in [1.165, 1.54) is 11.3 Å². The molecule has 1 unspecified atom stereocenters. The molecule has 0 saturated carbocycles. The number of halogens is 3. The lowest BCUT2D eigenvalue weighted by Crippen LogP contribution is -2.04. The van der Waals surface area contributed by atoms with Gasteiger partial charge in [-0.15, -0.1) is 11.3 Å². The molecule has 0 bridgehead atoms. The average molecular weight is 276 g/mol. The van der Waals surface area contributed by atoms with E-state index in [1.54, 1.807) is 11.7 Å². The lowest BCUT2D eigenvalue weighted by atomic mass is 10.1. The average Bonchev–Trinajstić information content (AvgIpc) is 2.76. The van der Waals surface area contributed by atoms with Crippen LogP contribution in [0.4, 0.5) is 8.78 Å². The first-order chi connectivity index (χ1) is 8.08. The van der Waals surface area contributed by atoms with Crippen molar-refractivity contribution in [1.29, 1.82) is 0 Å². The number of thiazole rings is 1. The van der Waals surface area contributed by atoms with Gasteiger partial charge in [0.25, 0.3) is 0 Å². The third kappa shape index (κ3) is 2.80. The number of nitrogens with zero attached hydrogens (tertiary/aromatic N) is 1. The first-order valence-corrected chi connectivity index (χ1v) is 6.03. The van der Waals surface area contributed by atoms with Gasteiger partial charge >= 0.3 is 0 Å². The molecule has 1 aromatic heterocycles. The number of hydrogen-bond acceptors (Lipinski definition) is 3. The third-order valence-corrected chi connectivity index (χ3v) is 3.37. The minimum absolute atomic E-state index is 0.0969. The van der Waals surface area contributed by atoms with Gasteiger partial charge in [-0.2, -0.15) is 0 Å². The first-order valence-electron chi connectivity index (χ1n) is 4.78. The Morgan fingerprint density at radius 2 is 2.12 bits per heavy atom. The van der Waals surface area contributed by atoms with Crippen LogP contribution in [0.5, 0.6) is 0 Å². The van der Waals surface area contributed by atoms with Crippen LogP contribution in [0.25, 0.3) is 0 Å². The highest BCUT2D eigenvalue weighted by molar-refractivity contribution is 7.09. The molecule has 17 heavy (non-hydrogen) atoms. The van der Waals surface area contributed by atoms with Gasteiger partial charge < -0.3 is 5.11 Å². The maximum atomic E-state index is 13.5. The molecule has 0 radical (unpaired) electrons. The Labute approximate surface area is 106 Å². The van der Waals surface area contributed by atoms with Crippen molar-refractivity contribution in [3.05, 3.63) is 50.9 Å². The quantitative estimate of drug-likeness (QED) is 0.872. The summed E-state index contributed by atoms with van der Waals surface area (Å²) in [4.78, 5) is 4.64. The van der Waals surface area contributed by atoms with Gasteiger partial charge in [0.05, 0.1) is 16.6 Å². The van der Waals surface area contributed by atoms with Crippen LogP contribution in [0.2, 0.25) is 5.02 Å². The van der Waals surface area contributed by atoms with Crippen molar-refractivity contribution in [1.82, 2.24) is 4.98 Å². The van der Waals surface area contributed by atoms with Crippen LogP contribution in [-0.2, 0) is 6.42 Å². The summed E-state index contributed by atoms with van der Waals surface area (Å²) in [5.74, 6) is -1.46. The van der Waals surface area contributed by atoms with E-state index in [1.807, 2.05) is 0 Å². The molecule has 0 aliphatic carbocycles. The Morgan fingerprint density at radius 1 is 1.35 bits per heavy atom. The van der Waals surface area contributed by atoms with Gasteiger partial charge in [0.15, 0.2) is 0 Å². The van der Waals surface area contributed by atoms with Crippen molar-refractivity contribution in [3.63, 3.8) is 0 Å².